The molecule has 2 rings (SSSR count). The molecule has 2 atom stereocenters. The number of ether oxygens (including phenoxy) is 1. The van der Waals surface area contributed by atoms with Gasteiger partial charge in [0.25, 0.3) is 0 Å². The Hall–Kier alpha value is -2.00. The Morgan fingerprint density at radius 2 is 1.04 bits per heavy atom. The van der Waals surface area contributed by atoms with Gasteiger partial charge < -0.3 is 14.5 Å². The van der Waals surface area contributed by atoms with Crippen LogP contribution in [0.3, 0.4) is 0 Å². The summed E-state index contributed by atoms with van der Waals surface area (Å²) >= 11 is 0. The van der Waals surface area contributed by atoms with Gasteiger partial charge in [-0.25, -0.2) is 0 Å². The van der Waals surface area contributed by atoms with Crippen LogP contribution >= 0.6 is 0 Å². The minimum absolute atomic E-state index is 0.496. The number of anilines is 2. The summed E-state index contributed by atoms with van der Waals surface area (Å²) < 4.78 is 5.99. The molecule has 2 aromatic rings. The minimum atomic E-state index is 0.496. The molecule has 0 bridgehead atoms. The first kappa shape index (κ1) is 21.3. The summed E-state index contributed by atoms with van der Waals surface area (Å²) in [6.07, 6.45) is 2.10. The standard InChI is InChI=1S/C24H36N2O/c1-19(21-11-7-9-13-23(21)25(3)4)15-17-27-18-16-20(2)22-12-8-10-14-24(22)26(5)6/h7-14,19-20H,15-18H2,1-6H3. The number of rotatable bonds is 10. The van der Waals surface area contributed by atoms with Gasteiger partial charge in [0.2, 0.25) is 0 Å². The third-order valence-corrected chi connectivity index (χ3v) is 5.29. The maximum absolute atomic E-state index is 5.99. The number of hydrogen-bond acceptors (Lipinski definition) is 3. The summed E-state index contributed by atoms with van der Waals surface area (Å²) in [6.45, 7) is 6.21. The first-order valence-corrected chi connectivity index (χ1v) is 10.0. The van der Waals surface area contributed by atoms with E-state index in [-0.39, 0.29) is 0 Å². The van der Waals surface area contributed by atoms with Gasteiger partial charge in [0, 0.05) is 52.8 Å². The number of nitrogens with zero attached hydrogens (tertiary/aromatic N) is 2. The minimum Gasteiger partial charge on any atom is -0.381 e. The lowest BCUT2D eigenvalue weighted by molar-refractivity contribution is 0.122. The van der Waals surface area contributed by atoms with E-state index in [0.29, 0.717) is 11.8 Å². The van der Waals surface area contributed by atoms with Crippen molar-refractivity contribution in [3.63, 3.8) is 0 Å². The molecule has 0 fully saturated rings. The second-order valence-corrected chi connectivity index (χ2v) is 7.90. The third kappa shape index (κ3) is 6.00. The second kappa shape index (κ2) is 10.4. The van der Waals surface area contributed by atoms with Crippen LogP contribution in [-0.4, -0.2) is 41.4 Å². The largest absolute Gasteiger partial charge is 0.381 e. The zero-order chi connectivity index (χ0) is 19.8. The van der Waals surface area contributed by atoms with Gasteiger partial charge in [-0.3, -0.25) is 0 Å². The molecule has 0 saturated carbocycles. The Morgan fingerprint density at radius 3 is 1.41 bits per heavy atom. The van der Waals surface area contributed by atoms with Gasteiger partial charge in [0.1, 0.15) is 0 Å². The fraction of sp³-hybridized carbons (Fsp3) is 0.500. The van der Waals surface area contributed by atoms with E-state index in [9.17, 15) is 0 Å². The quantitative estimate of drug-likeness (QED) is 0.513. The van der Waals surface area contributed by atoms with E-state index in [0.717, 1.165) is 26.1 Å². The lowest BCUT2D eigenvalue weighted by Crippen LogP contribution is -2.14. The molecule has 0 N–H and O–H groups in total. The summed E-state index contributed by atoms with van der Waals surface area (Å²) in [5.41, 5.74) is 5.41. The maximum atomic E-state index is 5.99. The molecule has 2 aromatic carbocycles. The average molecular weight is 369 g/mol. The molecule has 27 heavy (non-hydrogen) atoms. The molecule has 0 amide bonds. The molecule has 0 aliphatic heterocycles. The Bertz CT molecular complexity index is 637. The summed E-state index contributed by atoms with van der Waals surface area (Å²) in [6, 6.07) is 17.3. The number of para-hydroxylation sites is 2. The van der Waals surface area contributed by atoms with Crippen molar-refractivity contribution in [2.24, 2.45) is 0 Å². The van der Waals surface area contributed by atoms with Gasteiger partial charge in [-0.1, -0.05) is 50.2 Å². The highest BCUT2D eigenvalue weighted by Crippen LogP contribution is 2.30. The van der Waals surface area contributed by atoms with Crippen molar-refractivity contribution in [3.05, 3.63) is 59.7 Å². The molecule has 148 valence electrons. The van der Waals surface area contributed by atoms with Crippen LogP contribution in [0.25, 0.3) is 0 Å². The van der Waals surface area contributed by atoms with E-state index in [1.165, 1.54) is 22.5 Å². The smallest absolute Gasteiger partial charge is 0.0471 e. The zero-order valence-corrected chi connectivity index (χ0v) is 17.9. The Kier molecular flexibility index (Phi) is 8.18. The molecular weight excluding hydrogens is 332 g/mol. The van der Waals surface area contributed by atoms with Crippen molar-refractivity contribution >= 4 is 11.4 Å². The molecule has 0 spiro atoms. The second-order valence-electron chi connectivity index (χ2n) is 7.90. The van der Waals surface area contributed by atoms with Crippen molar-refractivity contribution in [1.82, 2.24) is 0 Å². The first-order chi connectivity index (χ1) is 12.9. The molecule has 0 radical (unpaired) electrons. The fourth-order valence-corrected chi connectivity index (χ4v) is 3.56. The summed E-state index contributed by atoms with van der Waals surface area (Å²) in [4.78, 5) is 4.38. The van der Waals surface area contributed by atoms with E-state index in [4.69, 9.17) is 4.74 Å². The van der Waals surface area contributed by atoms with Crippen LogP contribution in [0.1, 0.15) is 49.7 Å². The van der Waals surface area contributed by atoms with Gasteiger partial charge in [-0.05, 0) is 47.9 Å². The van der Waals surface area contributed by atoms with Crippen LogP contribution in [-0.2, 0) is 4.74 Å². The molecule has 0 aliphatic carbocycles. The number of benzene rings is 2. The summed E-state index contributed by atoms with van der Waals surface area (Å²) in [5, 5.41) is 0. The molecule has 0 aliphatic rings. The zero-order valence-electron chi connectivity index (χ0n) is 17.9. The fourth-order valence-electron chi connectivity index (χ4n) is 3.56. The van der Waals surface area contributed by atoms with Crippen molar-refractivity contribution in [2.75, 3.05) is 51.2 Å². The number of hydrogen-bond donors (Lipinski definition) is 0. The van der Waals surface area contributed by atoms with Crippen LogP contribution in [0, 0.1) is 0 Å². The molecule has 0 aromatic heterocycles. The van der Waals surface area contributed by atoms with E-state index in [1.54, 1.807) is 0 Å². The highest BCUT2D eigenvalue weighted by molar-refractivity contribution is 5.54. The van der Waals surface area contributed by atoms with Gasteiger partial charge >= 0.3 is 0 Å². The molecule has 3 nitrogen and oxygen atoms in total. The summed E-state index contributed by atoms with van der Waals surface area (Å²) in [5.74, 6) is 0.992. The predicted molar refractivity (Wildman–Crippen MR) is 118 cm³/mol. The maximum Gasteiger partial charge on any atom is 0.0471 e. The highest BCUT2D eigenvalue weighted by Gasteiger charge is 2.13. The van der Waals surface area contributed by atoms with Gasteiger partial charge in [0.05, 0.1) is 0 Å². The van der Waals surface area contributed by atoms with Crippen LogP contribution in [0.2, 0.25) is 0 Å². The van der Waals surface area contributed by atoms with Crippen LogP contribution in [0.4, 0.5) is 11.4 Å². The lowest BCUT2D eigenvalue weighted by atomic mass is 9.95. The van der Waals surface area contributed by atoms with Crippen molar-refractivity contribution in [2.45, 2.75) is 38.5 Å². The predicted octanol–water partition coefficient (Wildman–Crippen LogP) is 5.52. The normalized spacial score (nSPS) is 13.3. The highest BCUT2D eigenvalue weighted by atomic mass is 16.5. The van der Waals surface area contributed by atoms with Crippen LogP contribution in [0.15, 0.2) is 48.5 Å². The van der Waals surface area contributed by atoms with E-state index in [1.807, 2.05) is 0 Å². The van der Waals surface area contributed by atoms with Crippen LogP contribution < -0.4 is 9.80 Å². The van der Waals surface area contributed by atoms with Crippen molar-refractivity contribution in [3.8, 4) is 0 Å². The molecular formula is C24H36N2O. The topological polar surface area (TPSA) is 15.7 Å². The first-order valence-electron chi connectivity index (χ1n) is 10.0. The van der Waals surface area contributed by atoms with Crippen LogP contribution in [0.5, 0.6) is 0 Å². The van der Waals surface area contributed by atoms with Crippen molar-refractivity contribution in [1.29, 1.82) is 0 Å². The van der Waals surface area contributed by atoms with E-state index in [2.05, 4.69) is 100 Å². The van der Waals surface area contributed by atoms with Gasteiger partial charge in [-0.2, -0.15) is 0 Å². The Balaban J connectivity index is 1.79. The molecule has 0 saturated heterocycles. The van der Waals surface area contributed by atoms with E-state index >= 15 is 0 Å². The summed E-state index contributed by atoms with van der Waals surface area (Å²) in [7, 11) is 8.42. The lowest BCUT2D eigenvalue weighted by Gasteiger charge is -2.22. The average Bonchev–Trinajstić information content (AvgIpc) is 2.67. The molecule has 0 heterocycles. The Morgan fingerprint density at radius 1 is 0.667 bits per heavy atom. The van der Waals surface area contributed by atoms with Gasteiger partial charge in [0.15, 0.2) is 0 Å². The van der Waals surface area contributed by atoms with E-state index < -0.39 is 0 Å². The monoisotopic (exact) mass is 368 g/mol. The SMILES string of the molecule is CC(CCOCCC(C)c1ccccc1N(C)C)c1ccccc1N(C)C. The molecule has 2 unspecified atom stereocenters. The van der Waals surface area contributed by atoms with Crippen molar-refractivity contribution < 1.29 is 4.74 Å². The molecule has 3 heteroatoms. The van der Waals surface area contributed by atoms with Gasteiger partial charge in [-0.15, -0.1) is 0 Å². The Labute approximate surface area is 166 Å². The third-order valence-electron chi connectivity index (χ3n) is 5.29.